The zero-order valence-corrected chi connectivity index (χ0v) is 24.1. The first kappa shape index (κ1) is 28.2. The van der Waals surface area contributed by atoms with Crippen molar-refractivity contribution in [2.24, 2.45) is 11.8 Å². The lowest BCUT2D eigenvalue weighted by Crippen LogP contribution is -2.55. The minimum atomic E-state index is -1.30. The molecule has 0 aliphatic carbocycles. The van der Waals surface area contributed by atoms with Gasteiger partial charge in [-0.05, 0) is 56.7 Å². The van der Waals surface area contributed by atoms with Gasteiger partial charge in [-0.2, -0.15) is 0 Å². The second-order valence-corrected chi connectivity index (χ2v) is 11.2. The lowest BCUT2D eigenvalue weighted by molar-refractivity contribution is -0.140. The van der Waals surface area contributed by atoms with E-state index in [9.17, 15) is 19.5 Å². The summed E-state index contributed by atoms with van der Waals surface area (Å²) in [5.74, 6) is -2.37. The van der Waals surface area contributed by atoms with Gasteiger partial charge in [-0.1, -0.05) is 42.5 Å². The van der Waals surface area contributed by atoms with Gasteiger partial charge in [-0.15, -0.1) is 0 Å². The number of benzene rings is 2. The first-order chi connectivity index (χ1) is 20.4. The van der Waals surface area contributed by atoms with Gasteiger partial charge in [-0.25, -0.2) is 0 Å². The van der Waals surface area contributed by atoms with Gasteiger partial charge in [0.1, 0.15) is 11.6 Å². The van der Waals surface area contributed by atoms with E-state index in [0.717, 1.165) is 30.2 Å². The van der Waals surface area contributed by atoms with E-state index < -0.39 is 29.6 Å². The normalized spacial score (nSPS) is 28.5. The molecule has 1 spiro atoms. The number of ether oxygens (including phenoxy) is 1. The van der Waals surface area contributed by atoms with Crippen molar-refractivity contribution < 1.29 is 24.2 Å². The molecule has 9 nitrogen and oxygen atoms in total. The largest absolute Gasteiger partial charge is 0.396 e. The van der Waals surface area contributed by atoms with Crippen LogP contribution < -0.4 is 14.7 Å². The Kier molecular flexibility index (Phi) is 7.64. The molecule has 3 amide bonds. The molecule has 4 aliphatic rings. The van der Waals surface area contributed by atoms with Crippen molar-refractivity contribution in [3.05, 3.63) is 78.9 Å². The molecule has 4 aliphatic heterocycles. The summed E-state index contributed by atoms with van der Waals surface area (Å²) in [4.78, 5) is 50.1. The number of para-hydroxylation sites is 1. The number of carbonyl (C=O) groups excluding carboxylic acids is 3. The number of hydrogen-bond donors (Lipinski definition) is 1. The SMILES string of the molecule is CCN(CC)c1ccc(N2CC=C[C@]34O[C@@H]5C=CCN(c6ccccc6)C(=O)[C@@H]5[C@H]3C(=O)N(CCCO)C4C2=O)cc1. The average molecular weight is 571 g/mol. The van der Waals surface area contributed by atoms with Crippen LogP contribution >= 0.6 is 0 Å². The molecule has 5 atom stereocenters. The van der Waals surface area contributed by atoms with Gasteiger partial charge in [0.2, 0.25) is 11.8 Å². The van der Waals surface area contributed by atoms with Crippen molar-refractivity contribution in [2.45, 2.75) is 38.0 Å². The van der Waals surface area contributed by atoms with Crippen molar-refractivity contribution >= 4 is 34.8 Å². The number of aliphatic hydroxyl groups excluding tert-OH is 1. The van der Waals surface area contributed by atoms with E-state index in [-0.39, 0.29) is 30.9 Å². The fraction of sp³-hybridized carbons (Fsp3) is 0.424. The highest BCUT2D eigenvalue weighted by Crippen LogP contribution is 2.53. The highest BCUT2D eigenvalue weighted by atomic mass is 16.5. The number of anilines is 3. The number of amides is 3. The third-order valence-electron chi connectivity index (χ3n) is 9.07. The highest BCUT2D eigenvalue weighted by Gasteiger charge is 2.71. The Morgan fingerprint density at radius 3 is 2.24 bits per heavy atom. The van der Waals surface area contributed by atoms with E-state index in [2.05, 4.69) is 18.7 Å². The lowest BCUT2D eigenvalue weighted by atomic mass is 9.77. The molecule has 2 fully saturated rings. The minimum absolute atomic E-state index is 0.120. The van der Waals surface area contributed by atoms with Gasteiger partial charge in [0, 0.05) is 56.4 Å². The summed E-state index contributed by atoms with van der Waals surface area (Å²) in [5, 5.41) is 9.65. The molecule has 0 aromatic heterocycles. The zero-order valence-electron chi connectivity index (χ0n) is 24.1. The fourth-order valence-electron chi connectivity index (χ4n) is 7.12. The summed E-state index contributed by atoms with van der Waals surface area (Å²) >= 11 is 0. The van der Waals surface area contributed by atoms with Crippen LogP contribution in [0, 0.1) is 11.8 Å². The summed E-state index contributed by atoms with van der Waals surface area (Å²) in [6.07, 6.45) is 7.19. The van der Waals surface area contributed by atoms with E-state index >= 15 is 0 Å². The van der Waals surface area contributed by atoms with Crippen molar-refractivity contribution in [3.63, 3.8) is 0 Å². The van der Waals surface area contributed by atoms with Crippen molar-refractivity contribution in [2.75, 3.05) is 54.0 Å². The van der Waals surface area contributed by atoms with Crippen molar-refractivity contribution in [3.8, 4) is 0 Å². The van der Waals surface area contributed by atoms with Crippen LogP contribution in [0.2, 0.25) is 0 Å². The van der Waals surface area contributed by atoms with Crippen LogP contribution in [0.25, 0.3) is 0 Å². The molecule has 0 bridgehead atoms. The number of hydrogen-bond acceptors (Lipinski definition) is 6. The van der Waals surface area contributed by atoms with E-state index in [1.807, 2.05) is 78.9 Å². The molecule has 0 saturated carbocycles. The molecule has 42 heavy (non-hydrogen) atoms. The summed E-state index contributed by atoms with van der Waals surface area (Å²) in [7, 11) is 0. The topological polar surface area (TPSA) is 93.6 Å². The van der Waals surface area contributed by atoms with Crippen LogP contribution in [0.3, 0.4) is 0 Å². The number of likely N-dealkylation sites (tertiary alicyclic amines) is 1. The molecular formula is C33H38N4O5. The van der Waals surface area contributed by atoms with Crippen molar-refractivity contribution in [1.29, 1.82) is 0 Å². The van der Waals surface area contributed by atoms with Crippen LogP contribution in [-0.2, 0) is 19.1 Å². The van der Waals surface area contributed by atoms with E-state index in [0.29, 0.717) is 19.5 Å². The molecule has 4 heterocycles. The molecule has 6 rings (SSSR count). The summed E-state index contributed by atoms with van der Waals surface area (Å²) < 4.78 is 6.71. The van der Waals surface area contributed by atoms with E-state index in [1.165, 1.54) is 0 Å². The average Bonchev–Trinajstić information content (AvgIpc) is 3.32. The first-order valence-electron chi connectivity index (χ1n) is 14.9. The molecule has 2 aromatic carbocycles. The smallest absolute Gasteiger partial charge is 0.253 e. The standard InChI is InChI=1S/C33H38N4O5/c1-3-34(4-2)23-14-16-25(17-15-23)36-20-9-18-33-28(31(40)37(21-10-22-38)29(33)32(36)41)27-26(42-33)13-8-19-35(30(27)39)24-11-6-5-7-12-24/h5-9,11-18,26-29,38H,3-4,10,19-22H2,1-2H3/t26-,27+,28+,29?,33+/m1/s1. The van der Waals surface area contributed by atoms with Crippen LogP contribution in [-0.4, -0.2) is 84.8 Å². The number of rotatable bonds is 8. The number of fused-ring (bicyclic) bond motifs is 2. The second-order valence-electron chi connectivity index (χ2n) is 11.2. The molecule has 1 N–H and O–H groups in total. The van der Waals surface area contributed by atoms with Gasteiger partial charge >= 0.3 is 0 Å². The zero-order chi connectivity index (χ0) is 29.4. The summed E-state index contributed by atoms with van der Waals surface area (Å²) in [5.41, 5.74) is 1.26. The van der Waals surface area contributed by atoms with E-state index in [1.54, 1.807) is 14.7 Å². The lowest BCUT2D eigenvalue weighted by Gasteiger charge is -2.35. The maximum Gasteiger partial charge on any atom is 0.253 e. The highest BCUT2D eigenvalue weighted by molar-refractivity contribution is 6.07. The molecule has 220 valence electrons. The third-order valence-corrected chi connectivity index (χ3v) is 9.07. The maximum atomic E-state index is 14.5. The van der Waals surface area contributed by atoms with Crippen molar-refractivity contribution in [1.82, 2.24) is 4.90 Å². The molecular weight excluding hydrogens is 532 g/mol. The van der Waals surface area contributed by atoms with Gasteiger partial charge in [-0.3, -0.25) is 14.4 Å². The van der Waals surface area contributed by atoms with Crippen LogP contribution in [0.4, 0.5) is 17.1 Å². The minimum Gasteiger partial charge on any atom is -0.396 e. The van der Waals surface area contributed by atoms with Gasteiger partial charge in [0.05, 0.1) is 17.9 Å². The van der Waals surface area contributed by atoms with Crippen LogP contribution in [0.15, 0.2) is 78.9 Å². The Labute approximate surface area is 246 Å². The van der Waals surface area contributed by atoms with Crippen LogP contribution in [0.5, 0.6) is 0 Å². The Morgan fingerprint density at radius 2 is 1.55 bits per heavy atom. The molecule has 2 saturated heterocycles. The monoisotopic (exact) mass is 570 g/mol. The number of carbonyl (C=O) groups is 3. The quantitative estimate of drug-likeness (QED) is 0.491. The van der Waals surface area contributed by atoms with Crippen LogP contribution in [0.1, 0.15) is 20.3 Å². The molecule has 1 unspecified atom stereocenters. The predicted octanol–water partition coefficient (Wildman–Crippen LogP) is 3.00. The van der Waals surface area contributed by atoms with Gasteiger partial charge in [0.15, 0.2) is 0 Å². The number of nitrogens with zero attached hydrogens (tertiary/aromatic N) is 4. The maximum absolute atomic E-state index is 14.5. The van der Waals surface area contributed by atoms with E-state index in [4.69, 9.17) is 4.74 Å². The predicted molar refractivity (Wildman–Crippen MR) is 161 cm³/mol. The Balaban J connectivity index is 1.38. The molecule has 0 radical (unpaired) electrons. The molecule has 9 heteroatoms. The number of aliphatic hydroxyl groups is 1. The summed E-state index contributed by atoms with van der Waals surface area (Å²) in [6.45, 7) is 6.73. The third kappa shape index (κ3) is 4.42. The fourth-order valence-corrected chi connectivity index (χ4v) is 7.12. The first-order valence-corrected chi connectivity index (χ1v) is 14.9. The Bertz CT molecular complexity index is 1390. The Morgan fingerprint density at radius 1 is 0.881 bits per heavy atom. The van der Waals surface area contributed by atoms with Gasteiger partial charge < -0.3 is 29.4 Å². The Hall–Kier alpha value is -3.95. The second kappa shape index (κ2) is 11.4. The summed E-state index contributed by atoms with van der Waals surface area (Å²) in [6, 6.07) is 16.4. The molecule has 2 aromatic rings. The van der Waals surface area contributed by atoms with Gasteiger partial charge in [0.25, 0.3) is 5.91 Å².